The van der Waals surface area contributed by atoms with Crippen molar-refractivity contribution in [3.63, 3.8) is 0 Å². The zero-order chi connectivity index (χ0) is 7.40. The summed E-state index contributed by atoms with van der Waals surface area (Å²) in [5, 5.41) is 0. The van der Waals surface area contributed by atoms with Crippen molar-refractivity contribution < 1.29 is 0 Å². The highest BCUT2D eigenvalue weighted by molar-refractivity contribution is 14.1. The zero-order valence-electron chi connectivity index (χ0n) is 5.81. The van der Waals surface area contributed by atoms with Crippen LogP contribution in [0.1, 0.15) is 12.0 Å². The molecule has 0 spiro atoms. The summed E-state index contributed by atoms with van der Waals surface area (Å²) in [6.45, 7) is 3.80. The molecular formula is C9H10I. The molecule has 0 aliphatic rings. The van der Waals surface area contributed by atoms with E-state index in [-0.39, 0.29) is 0 Å². The van der Waals surface area contributed by atoms with E-state index in [2.05, 4.69) is 53.8 Å². The summed E-state index contributed by atoms with van der Waals surface area (Å²) >= 11 is 2.31. The lowest BCUT2D eigenvalue weighted by Crippen LogP contribution is -1.81. The maximum absolute atomic E-state index is 3.80. The van der Waals surface area contributed by atoms with Crippen molar-refractivity contribution in [2.75, 3.05) is 0 Å². The van der Waals surface area contributed by atoms with Crippen LogP contribution in [0, 0.1) is 10.5 Å². The number of rotatable bonds is 2. The highest BCUT2D eigenvalue weighted by Crippen LogP contribution is 2.07. The lowest BCUT2D eigenvalue weighted by atomic mass is 10.1. The monoisotopic (exact) mass is 245 g/mol. The topological polar surface area (TPSA) is 0 Å². The van der Waals surface area contributed by atoms with Gasteiger partial charge in [0, 0.05) is 3.57 Å². The van der Waals surface area contributed by atoms with Crippen LogP contribution < -0.4 is 0 Å². The Hall–Kier alpha value is -0.0500. The van der Waals surface area contributed by atoms with Gasteiger partial charge >= 0.3 is 0 Å². The van der Waals surface area contributed by atoms with Crippen LogP contribution in [0.4, 0.5) is 0 Å². The van der Waals surface area contributed by atoms with Gasteiger partial charge in [-0.15, -0.1) is 0 Å². The first kappa shape index (κ1) is 8.05. The molecule has 10 heavy (non-hydrogen) atoms. The van der Waals surface area contributed by atoms with Crippen LogP contribution in [0.25, 0.3) is 0 Å². The Kier molecular flexibility index (Phi) is 3.19. The largest absolute Gasteiger partial charge is 0.0580 e. The molecule has 0 aliphatic carbocycles. The van der Waals surface area contributed by atoms with Crippen molar-refractivity contribution in [1.29, 1.82) is 0 Å². The molecular weight excluding hydrogens is 235 g/mol. The van der Waals surface area contributed by atoms with E-state index in [1.165, 1.54) is 9.13 Å². The van der Waals surface area contributed by atoms with E-state index >= 15 is 0 Å². The van der Waals surface area contributed by atoms with E-state index in [9.17, 15) is 0 Å². The predicted octanol–water partition coefficient (Wildman–Crippen LogP) is 3.06. The van der Waals surface area contributed by atoms with Crippen molar-refractivity contribution in [2.24, 2.45) is 0 Å². The molecule has 0 saturated heterocycles. The molecule has 0 nitrogen and oxygen atoms in total. The van der Waals surface area contributed by atoms with E-state index in [0.29, 0.717) is 0 Å². The van der Waals surface area contributed by atoms with Gasteiger partial charge in [0.25, 0.3) is 0 Å². The molecule has 1 radical (unpaired) electrons. The predicted molar refractivity (Wildman–Crippen MR) is 52.8 cm³/mol. The molecule has 0 N–H and O–H groups in total. The van der Waals surface area contributed by atoms with Crippen molar-refractivity contribution >= 4 is 22.6 Å². The highest BCUT2D eigenvalue weighted by atomic mass is 127. The molecule has 0 saturated carbocycles. The average Bonchev–Trinajstić information content (AvgIpc) is 1.95. The van der Waals surface area contributed by atoms with Gasteiger partial charge in [-0.25, -0.2) is 0 Å². The van der Waals surface area contributed by atoms with Crippen molar-refractivity contribution in [1.82, 2.24) is 0 Å². The molecule has 1 heteroatoms. The number of halogens is 1. The lowest BCUT2D eigenvalue weighted by Gasteiger charge is -1.96. The fraction of sp³-hybridized carbons (Fsp3) is 0.222. The summed E-state index contributed by atoms with van der Waals surface area (Å²) in [5.74, 6) is 0. The minimum atomic E-state index is 0.987. The summed E-state index contributed by atoms with van der Waals surface area (Å²) in [4.78, 5) is 0. The van der Waals surface area contributed by atoms with E-state index in [1.807, 2.05) is 0 Å². The van der Waals surface area contributed by atoms with Crippen LogP contribution >= 0.6 is 22.6 Å². The van der Waals surface area contributed by atoms with Gasteiger partial charge in [0.1, 0.15) is 0 Å². The zero-order valence-corrected chi connectivity index (χ0v) is 7.97. The van der Waals surface area contributed by atoms with Crippen molar-refractivity contribution in [3.8, 4) is 0 Å². The summed E-state index contributed by atoms with van der Waals surface area (Å²) in [7, 11) is 0. The summed E-state index contributed by atoms with van der Waals surface area (Å²) in [5.41, 5.74) is 1.38. The molecule has 0 unspecified atom stereocenters. The van der Waals surface area contributed by atoms with E-state index in [0.717, 1.165) is 12.8 Å². The second-order valence-corrected chi connectivity index (χ2v) is 3.48. The maximum Gasteiger partial charge on any atom is 0.0130 e. The van der Waals surface area contributed by atoms with Gasteiger partial charge in [-0.1, -0.05) is 19.1 Å². The number of hydrogen-bond acceptors (Lipinski definition) is 0. The third-order valence-corrected chi connectivity index (χ3v) is 2.10. The molecule has 0 bridgehead atoms. The molecule has 53 valence electrons. The van der Waals surface area contributed by atoms with Gasteiger partial charge in [-0.2, -0.15) is 0 Å². The molecule has 0 heterocycles. The van der Waals surface area contributed by atoms with Gasteiger partial charge < -0.3 is 0 Å². The molecule has 0 amide bonds. The third kappa shape index (κ3) is 2.29. The number of aryl methyl sites for hydroxylation is 1. The molecule has 1 rings (SSSR count). The molecule has 0 fully saturated rings. The fourth-order valence-electron chi connectivity index (χ4n) is 0.855. The lowest BCUT2D eigenvalue weighted by molar-refractivity contribution is 0.999. The number of hydrogen-bond donors (Lipinski definition) is 0. The summed E-state index contributed by atoms with van der Waals surface area (Å²) in [6, 6.07) is 8.58. The molecule has 1 aromatic carbocycles. The molecule has 0 atom stereocenters. The Morgan fingerprint density at radius 3 is 2.30 bits per heavy atom. The van der Waals surface area contributed by atoms with Gasteiger partial charge in [0.2, 0.25) is 0 Å². The summed E-state index contributed by atoms with van der Waals surface area (Å²) in [6.07, 6.45) is 2.08. The molecule has 0 aromatic heterocycles. The van der Waals surface area contributed by atoms with Crippen molar-refractivity contribution in [2.45, 2.75) is 12.8 Å². The van der Waals surface area contributed by atoms with Crippen LogP contribution in [-0.4, -0.2) is 0 Å². The molecule has 0 aliphatic heterocycles. The van der Waals surface area contributed by atoms with E-state index in [4.69, 9.17) is 0 Å². The van der Waals surface area contributed by atoms with Crippen LogP contribution in [0.15, 0.2) is 24.3 Å². The normalized spacial score (nSPS) is 9.80. The quantitative estimate of drug-likeness (QED) is 0.702. The number of benzene rings is 1. The first-order valence-electron chi connectivity index (χ1n) is 3.36. The van der Waals surface area contributed by atoms with Crippen molar-refractivity contribution in [3.05, 3.63) is 40.3 Å². The standard InChI is InChI=1S/C9H10I/c1-2-3-8-4-6-9(10)7-5-8/h4-7H,1-3H2. The highest BCUT2D eigenvalue weighted by Gasteiger charge is 1.88. The van der Waals surface area contributed by atoms with Crippen LogP contribution in [-0.2, 0) is 6.42 Å². The Balaban J connectivity index is 2.69. The Bertz CT molecular complexity index is 188. The van der Waals surface area contributed by atoms with E-state index < -0.39 is 0 Å². The van der Waals surface area contributed by atoms with Gasteiger partial charge in [-0.05, 0) is 53.1 Å². The maximum atomic E-state index is 3.80. The third-order valence-electron chi connectivity index (χ3n) is 1.38. The fourth-order valence-corrected chi connectivity index (χ4v) is 1.21. The second kappa shape index (κ2) is 3.96. The van der Waals surface area contributed by atoms with Crippen LogP contribution in [0.3, 0.4) is 0 Å². The Morgan fingerprint density at radius 2 is 1.80 bits per heavy atom. The second-order valence-electron chi connectivity index (χ2n) is 2.23. The Labute approximate surface area is 75.8 Å². The first-order valence-corrected chi connectivity index (χ1v) is 4.44. The minimum absolute atomic E-state index is 0.987. The first-order chi connectivity index (χ1) is 4.83. The Morgan fingerprint density at radius 1 is 1.20 bits per heavy atom. The molecule has 1 aromatic rings. The average molecular weight is 245 g/mol. The van der Waals surface area contributed by atoms with Crippen LogP contribution in [0.5, 0.6) is 0 Å². The van der Waals surface area contributed by atoms with Gasteiger partial charge in [0.05, 0.1) is 0 Å². The minimum Gasteiger partial charge on any atom is -0.0580 e. The van der Waals surface area contributed by atoms with Crippen LogP contribution in [0.2, 0.25) is 0 Å². The van der Waals surface area contributed by atoms with Gasteiger partial charge in [-0.3, -0.25) is 0 Å². The summed E-state index contributed by atoms with van der Waals surface area (Å²) < 4.78 is 1.30. The SMILES string of the molecule is [CH2]CCc1ccc(I)cc1. The smallest absolute Gasteiger partial charge is 0.0130 e. The van der Waals surface area contributed by atoms with Gasteiger partial charge in [0.15, 0.2) is 0 Å². The van der Waals surface area contributed by atoms with E-state index in [1.54, 1.807) is 0 Å².